The van der Waals surface area contributed by atoms with E-state index in [4.69, 9.17) is 5.26 Å². The number of rotatable bonds is 5. The maximum absolute atomic E-state index is 11.5. The highest BCUT2D eigenvalue weighted by atomic mass is 16.1. The fraction of sp³-hybridized carbons (Fsp3) is 0.294. The van der Waals surface area contributed by atoms with E-state index in [1.807, 2.05) is 30.3 Å². The van der Waals surface area contributed by atoms with Crippen molar-refractivity contribution in [3.8, 4) is 6.07 Å². The summed E-state index contributed by atoms with van der Waals surface area (Å²) in [5, 5.41) is 19.6. The average molecular weight is 307 g/mol. The van der Waals surface area contributed by atoms with E-state index in [9.17, 15) is 4.79 Å². The first-order chi connectivity index (χ1) is 11.2. The molecule has 0 aliphatic heterocycles. The molecular weight excluding hydrogens is 290 g/mol. The van der Waals surface area contributed by atoms with E-state index >= 15 is 0 Å². The molecule has 0 spiro atoms. The van der Waals surface area contributed by atoms with Crippen molar-refractivity contribution in [3.05, 3.63) is 53.2 Å². The predicted molar refractivity (Wildman–Crippen MR) is 85.8 cm³/mol. The lowest BCUT2D eigenvalue weighted by Crippen LogP contribution is -2.27. The Labute approximate surface area is 134 Å². The highest BCUT2D eigenvalue weighted by Gasteiger charge is 2.30. The summed E-state index contributed by atoms with van der Waals surface area (Å²) in [6.07, 6.45) is 2.27. The van der Waals surface area contributed by atoms with E-state index in [1.165, 1.54) is 0 Å². The quantitative estimate of drug-likeness (QED) is 0.912. The van der Waals surface area contributed by atoms with Crippen LogP contribution in [0.2, 0.25) is 0 Å². The number of nitrogens with zero attached hydrogens (tertiary/aromatic N) is 4. The smallest absolute Gasteiger partial charge is 0.271 e. The lowest BCUT2D eigenvalue weighted by Gasteiger charge is -2.23. The summed E-state index contributed by atoms with van der Waals surface area (Å²) in [5.41, 5.74) is 2.08. The highest BCUT2D eigenvalue weighted by Crippen LogP contribution is 2.31. The minimum Gasteiger partial charge on any atom is -0.354 e. The molecule has 1 heterocycles. The van der Waals surface area contributed by atoms with Gasteiger partial charge < -0.3 is 10.2 Å². The lowest BCUT2D eigenvalue weighted by molar-refractivity contribution is 0.0957. The number of carbonyl (C=O) groups excluding carboxylic acids is 1. The molecule has 1 aromatic heterocycles. The zero-order chi connectivity index (χ0) is 16.2. The number of hydrogen-bond donors (Lipinski definition) is 1. The molecule has 1 saturated carbocycles. The number of anilines is 1. The van der Waals surface area contributed by atoms with Crippen molar-refractivity contribution < 1.29 is 4.79 Å². The summed E-state index contributed by atoms with van der Waals surface area (Å²) in [6, 6.07) is 13.7. The SMILES string of the molecule is CNC(=O)c1ccc(N(Cc2ccc(C#N)cc2)C2CC2)nn1. The van der Waals surface area contributed by atoms with Crippen LogP contribution in [-0.2, 0) is 6.54 Å². The van der Waals surface area contributed by atoms with Gasteiger partial charge in [-0.25, -0.2) is 0 Å². The average Bonchev–Trinajstić information content (AvgIpc) is 3.44. The molecule has 0 atom stereocenters. The Balaban J connectivity index is 1.78. The molecule has 23 heavy (non-hydrogen) atoms. The molecule has 0 unspecified atom stereocenters. The van der Waals surface area contributed by atoms with Gasteiger partial charge in [-0.2, -0.15) is 5.26 Å². The molecule has 116 valence electrons. The van der Waals surface area contributed by atoms with E-state index in [0.717, 1.165) is 24.2 Å². The zero-order valence-corrected chi connectivity index (χ0v) is 12.9. The Hall–Kier alpha value is -2.94. The maximum Gasteiger partial charge on any atom is 0.271 e. The second-order valence-electron chi connectivity index (χ2n) is 5.52. The molecule has 3 rings (SSSR count). The summed E-state index contributed by atoms with van der Waals surface area (Å²) in [5.74, 6) is 0.527. The van der Waals surface area contributed by atoms with Crippen LogP contribution in [-0.4, -0.2) is 29.2 Å². The van der Waals surface area contributed by atoms with Gasteiger partial charge in [0.15, 0.2) is 11.5 Å². The van der Waals surface area contributed by atoms with Crippen molar-refractivity contribution in [1.82, 2.24) is 15.5 Å². The van der Waals surface area contributed by atoms with Crippen LogP contribution in [0, 0.1) is 11.3 Å². The number of hydrogen-bond acceptors (Lipinski definition) is 5. The summed E-state index contributed by atoms with van der Waals surface area (Å²) in [4.78, 5) is 13.7. The van der Waals surface area contributed by atoms with Gasteiger partial charge in [-0.3, -0.25) is 4.79 Å². The van der Waals surface area contributed by atoms with Crippen molar-refractivity contribution in [2.24, 2.45) is 0 Å². The zero-order valence-electron chi connectivity index (χ0n) is 12.9. The molecule has 1 aliphatic carbocycles. The van der Waals surface area contributed by atoms with Gasteiger partial charge in [0.2, 0.25) is 0 Å². The molecule has 0 bridgehead atoms. The normalized spacial score (nSPS) is 13.2. The lowest BCUT2D eigenvalue weighted by atomic mass is 10.1. The number of benzene rings is 1. The minimum atomic E-state index is -0.242. The van der Waals surface area contributed by atoms with Gasteiger partial charge in [-0.05, 0) is 42.7 Å². The van der Waals surface area contributed by atoms with Crippen molar-refractivity contribution in [3.63, 3.8) is 0 Å². The van der Waals surface area contributed by atoms with Gasteiger partial charge in [0.1, 0.15) is 0 Å². The molecule has 6 heteroatoms. The first-order valence-corrected chi connectivity index (χ1v) is 7.53. The fourth-order valence-electron chi connectivity index (χ4n) is 2.39. The van der Waals surface area contributed by atoms with Gasteiger partial charge >= 0.3 is 0 Å². The summed E-state index contributed by atoms with van der Waals surface area (Å²) in [7, 11) is 1.57. The van der Waals surface area contributed by atoms with Crippen LogP contribution in [0.1, 0.15) is 34.5 Å². The van der Waals surface area contributed by atoms with Crippen LogP contribution < -0.4 is 10.2 Å². The first-order valence-electron chi connectivity index (χ1n) is 7.53. The number of carbonyl (C=O) groups is 1. The van der Waals surface area contributed by atoms with Gasteiger partial charge in [0.25, 0.3) is 5.91 Å². The van der Waals surface area contributed by atoms with Crippen LogP contribution >= 0.6 is 0 Å². The van der Waals surface area contributed by atoms with Gasteiger partial charge in [-0.15, -0.1) is 10.2 Å². The molecule has 1 N–H and O–H groups in total. The van der Waals surface area contributed by atoms with Crippen LogP contribution in [0.15, 0.2) is 36.4 Å². The number of nitrogens with one attached hydrogen (secondary N) is 1. The number of amides is 1. The molecule has 1 fully saturated rings. The fourth-order valence-corrected chi connectivity index (χ4v) is 2.39. The monoisotopic (exact) mass is 307 g/mol. The third-order valence-corrected chi connectivity index (χ3v) is 3.83. The Morgan fingerprint density at radius 2 is 2.00 bits per heavy atom. The van der Waals surface area contributed by atoms with Crippen molar-refractivity contribution >= 4 is 11.7 Å². The van der Waals surface area contributed by atoms with E-state index in [2.05, 4.69) is 26.5 Å². The van der Waals surface area contributed by atoms with Crippen LogP contribution in [0.5, 0.6) is 0 Å². The Bertz CT molecular complexity index is 729. The Morgan fingerprint density at radius 3 is 2.52 bits per heavy atom. The highest BCUT2D eigenvalue weighted by molar-refractivity contribution is 5.91. The second kappa shape index (κ2) is 6.44. The van der Waals surface area contributed by atoms with Crippen LogP contribution in [0.25, 0.3) is 0 Å². The molecule has 2 aromatic rings. The topological polar surface area (TPSA) is 81.9 Å². The second-order valence-corrected chi connectivity index (χ2v) is 5.52. The summed E-state index contributed by atoms with van der Waals surface area (Å²) < 4.78 is 0. The van der Waals surface area contributed by atoms with E-state index in [1.54, 1.807) is 13.1 Å². The number of nitriles is 1. The van der Waals surface area contributed by atoms with Gasteiger partial charge in [-0.1, -0.05) is 12.1 Å². The van der Waals surface area contributed by atoms with Crippen molar-refractivity contribution in [1.29, 1.82) is 5.26 Å². The third-order valence-electron chi connectivity index (χ3n) is 3.83. The Kier molecular flexibility index (Phi) is 4.20. The molecule has 0 radical (unpaired) electrons. The number of aromatic nitrogens is 2. The van der Waals surface area contributed by atoms with Crippen LogP contribution in [0.3, 0.4) is 0 Å². The van der Waals surface area contributed by atoms with Crippen LogP contribution in [0.4, 0.5) is 5.82 Å². The van der Waals surface area contributed by atoms with E-state index < -0.39 is 0 Å². The summed E-state index contributed by atoms with van der Waals surface area (Å²) >= 11 is 0. The molecule has 1 aromatic carbocycles. The summed E-state index contributed by atoms with van der Waals surface area (Å²) in [6.45, 7) is 0.713. The molecule has 1 amide bonds. The van der Waals surface area contributed by atoms with Crippen molar-refractivity contribution in [2.75, 3.05) is 11.9 Å². The van der Waals surface area contributed by atoms with E-state index in [-0.39, 0.29) is 5.91 Å². The van der Waals surface area contributed by atoms with Gasteiger partial charge in [0, 0.05) is 19.6 Å². The largest absolute Gasteiger partial charge is 0.354 e. The standard InChI is InChI=1S/C17H17N5O/c1-19-17(23)15-8-9-16(21-20-15)22(14-6-7-14)11-13-4-2-12(10-18)3-5-13/h2-5,8-9,14H,6-7,11H2,1H3,(H,19,23). The molecule has 0 saturated heterocycles. The Morgan fingerprint density at radius 1 is 1.26 bits per heavy atom. The third kappa shape index (κ3) is 3.46. The maximum atomic E-state index is 11.5. The molecule has 1 aliphatic rings. The van der Waals surface area contributed by atoms with Gasteiger partial charge in [0.05, 0.1) is 11.6 Å². The molecular formula is C17H17N5O. The van der Waals surface area contributed by atoms with E-state index in [0.29, 0.717) is 23.8 Å². The minimum absolute atomic E-state index is 0.242. The molecule has 6 nitrogen and oxygen atoms in total. The predicted octanol–water partition coefficient (Wildman–Crippen LogP) is 1.88. The van der Waals surface area contributed by atoms with Crippen molar-refractivity contribution in [2.45, 2.75) is 25.4 Å². The first kappa shape index (κ1) is 15.0.